The Labute approximate surface area is 528 Å². The van der Waals surface area contributed by atoms with Crippen molar-refractivity contribution in [3.05, 3.63) is 0 Å². The lowest BCUT2D eigenvalue weighted by Crippen LogP contribution is -2.57. The first kappa shape index (κ1) is 70.9. The summed E-state index contributed by atoms with van der Waals surface area (Å²) < 4.78 is 0. The fraction of sp³-hybridized carbons (Fsp3) is 0.860. The maximum Gasteiger partial charge on any atom is 0.224 e. The van der Waals surface area contributed by atoms with Gasteiger partial charge >= 0.3 is 0 Å². The fourth-order valence-electron chi connectivity index (χ4n) is 15.5. The predicted octanol–water partition coefficient (Wildman–Crippen LogP) is -10.6. The number of rotatable bonds is 39. The van der Waals surface area contributed by atoms with Gasteiger partial charge in [0, 0.05) is 263 Å². The first-order valence-electron chi connectivity index (χ1n) is 32.9. The van der Waals surface area contributed by atoms with Crippen LogP contribution in [0.3, 0.4) is 0 Å². The number of nitrogens with two attached hydrogens (primary N) is 8. The van der Waals surface area contributed by atoms with Crippen molar-refractivity contribution in [1.82, 2.24) is 81.7 Å². The summed E-state index contributed by atoms with van der Waals surface area (Å²) in [7, 11) is 1.76. The topological polar surface area (TPSA) is 487 Å². The summed E-state index contributed by atoms with van der Waals surface area (Å²) >= 11 is 0. The molecule has 0 saturated carbocycles. The standard InChI is InChI=1S/C57H108N24O9/c1-74-26-34(18-42(74)82)50(66-10-2-58)75-27-35(19-43(75)83)51(67-11-3-59)76-28-36(20-44(76)84)52(68-12-4-60)77-29-37(21-45(77)85)53(69-13-5-61)78-30-38(22-46(78)86)54(70-14-6-62)79-31-39(23-47(79)87)55(71-15-7-63)80-32-40(24-48(80)88)56(72-16-8-64)81-33-41(25-49(81)89)57(90)73-17-9-65/h34-41,50-57,66-73,90H,2-33,58-65H2,1H3. The van der Waals surface area contributed by atoms with Crippen LogP contribution in [0.5, 0.6) is 0 Å². The molecule has 0 aromatic heterocycles. The molecule has 0 aliphatic carbocycles. The lowest BCUT2D eigenvalue weighted by Gasteiger charge is -2.38. The van der Waals surface area contributed by atoms with Crippen LogP contribution in [0.25, 0.3) is 0 Å². The minimum atomic E-state index is -0.936. The third-order valence-corrected chi connectivity index (χ3v) is 19.6. The van der Waals surface area contributed by atoms with Gasteiger partial charge in [0.1, 0.15) is 6.23 Å². The normalized spacial score (nSPS) is 28.8. The number of carbonyl (C=O) groups is 8. The minimum Gasteiger partial charge on any atom is -0.378 e. The average molecular weight is 1270 g/mol. The first-order valence-corrected chi connectivity index (χ1v) is 32.9. The van der Waals surface area contributed by atoms with E-state index in [-0.39, 0.29) is 200 Å². The summed E-state index contributed by atoms with van der Waals surface area (Å²) in [5.74, 6) is -3.74. The van der Waals surface area contributed by atoms with Crippen molar-refractivity contribution in [2.45, 2.75) is 101 Å². The van der Waals surface area contributed by atoms with E-state index in [9.17, 15) is 43.5 Å². The van der Waals surface area contributed by atoms with Gasteiger partial charge in [-0.25, -0.2) is 0 Å². The van der Waals surface area contributed by atoms with Crippen LogP contribution >= 0.6 is 0 Å². The number of amides is 8. The van der Waals surface area contributed by atoms with Crippen molar-refractivity contribution in [1.29, 1.82) is 0 Å². The van der Waals surface area contributed by atoms with Crippen molar-refractivity contribution < 1.29 is 43.5 Å². The lowest BCUT2D eigenvalue weighted by molar-refractivity contribution is -0.133. The molecule has 25 N–H and O–H groups in total. The average Bonchev–Trinajstić information content (AvgIpc) is 1.77. The molecule has 8 aliphatic heterocycles. The van der Waals surface area contributed by atoms with Gasteiger partial charge in [-0.05, 0) is 0 Å². The molecule has 0 aromatic rings. The van der Waals surface area contributed by atoms with Gasteiger partial charge in [-0.1, -0.05) is 0 Å². The van der Waals surface area contributed by atoms with E-state index in [1.54, 1.807) is 46.2 Å². The number of carbonyl (C=O) groups excluding carboxylic acids is 8. The molecule has 0 aromatic carbocycles. The Hall–Kier alpha value is -4.92. The number of aliphatic hydroxyl groups excluding tert-OH is 1. The molecule has 8 fully saturated rings. The third kappa shape index (κ3) is 16.7. The van der Waals surface area contributed by atoms with E-state index in [0.29, 0.717) is 91.5 Å². The van der Waals surface area contributed by atoms with Crippen molar-refractivity contribution in [3.8, 4) is 0 Å². The van der Waals surface area contributed by atoms with E-state index < -0.39 is 61.2 Å². The van der Waals surface area contributed by atoms with Crippen molar-refractivity contribution in [2.75, 3.05) is 164 Å². The molecule has 8 rings (SSSR count). The molecule has 0 spiro atoms. The Balaban J connectivity index is 0.954. The largest absolute Gasteiger partial charge is 0.378 e. The van der Waals surface area contributed by atoms with E-state index >= 15 is 0 Å². The Bertz CT molecular complexity index is 2420. The van der Waals surface area contributed by atoms with Crippen LogP contribution in [0.4, 0.5) is 0 Å². The van der Waals surface area contributed by atoms with Gasteiger partial charge in [0.2, 0.25) is 47.3 Å². The van der Waals surface area contributed by atoms with Crippen molar-refractivity contribution in [2.24, 2.45) is 93.2 Å². The van der Waals surface area contributed by atoms with Crippen LogP contribution in [0.15, 0.2) is 0 Å². The second kappa shape index (κ2) is 33.8. The van der Waals surface area contributed by atoms with E-state index in [1.807, 2.05) is 0 Å². The monoisotopic (exact) mass is 1270 g/mol. The second-order valence-electron chi connectivity index (χ2n) is 25.8. The summed E-state index contributed by atoms with van der Waals surface area (Å²) in [5, 5.41) is 38.2. The molecule has 8 aliphatic rings. The zero-order valence-electron chi connectivity index (χ0n) is 52.8. The molecule has 0 bridgehead atoms. The molecule has 8 amide bonds. The molecule has 8 heterocycles. The molecular weight excluding hydrogens is 1160 g/mol. The highest BCUT2D eigenvalue weighted by molar-refractivity contribution is 5.85. The first-order chi connectivity index (χ1) is 43.4. The maximum absolute atomic E-state index is 14.6. The van der Waals surface area contributed by atoms with Crippen LogP contribution in [-0.2, 0) is 38.4 Å². The molecule has 90 heavy (non-hydrogen) atoms. The third-order valence-electron chi connectivity index (χ3n) is 19.6. The zero-order valence-corrected chi connectivity index (χ0v) is 52.8. The Morgan fingerprint density at radius 1 is 0.289 bits per heavy atom. The molecule has 510 valence electrons. The number of nitrogens with one attached hydrogen (secondary N) is 8. The van der Waals surface area contributed by atoms with Crippen LogP contribution in [0.2, 0.25) is 0 Å². The number of hydrogen-bond acceptors (Lipinski definition) is 25. The van der Waals surface area contributed by atoms with Gasteiger partial charge in [-0.3, -0.25) is 80.9 Å². The van der Waals surface area contributed by atoms with E-state index in [1.165, 1.54) is 0 Å². The van der Waals surface area contributed by atoms with Gasteiger partial charge in [-0.2, -0.15) is 0 Å². The zero-order chi connectivity index (χ0) is 64.8. The van der Waals surface area contributed by atoms with E-state index in [4.69, 9.17) is 45.9 Å². The van der Waals surface area contributed by atoms with Gasteiger partial charge in [-0.15, -0.1) is 0 Å². The number of nitrogens with zero attached hydrogens (tertiary/aromatic N) is 8. The molecule has 33 heteroatoms. The predicted molar refractivity (Wildman–Crippen MR) is 333 cm³/mol. The molecular formula is C57H108N24O9. The highest BCUT2D eigenvalue weighted by Gasteiger charge is 2.53. The summed E-state index contributed by atoms with van der Waals surface area (Å²) in [6.45, 7) is 7.63. The summed E-state index contributed by atoms with van der Waals surface area (Å²) in [6.07, 6.45) is -3.82. The van der Waals surface area contributed by atoms with Crippen molar-refractivity contribution in [3.63, 3.8) is 0 Å². The molecule has 8 saturated heterocycles. The van der Waals surface area contributed by atoms with Crippen LogP contribution in [-0.4, -0.2) is 305 Å². The van der Waals surface area contributed by atoms with Crippen LogP contribution in [0, 0.1) is 47.3 Å². The van der Waals surface area contributed by atoms with Gasteiger partial charge < -0.3 is 90.2 Å². The van der Waals surface area contributed by atoms with Gasteiger partial charge in [0.15, 0.2) is 0 Å². The smallest absolute Gasteiger partial charge is 0.224 e. The van der Waals surface area contributed by atoms with E-state index in [2.05, 4.69) is 42.5 Å². The molecule has 16 unspecified atom stereocenters. The number of hydrogen-bond donors (Lipinski definition) is 17. The Morgan fingerprint density at radius 2 is 0.456 bits per heavy atom. The SMILES string of the molecule is CN1CC(C(NCCN)N2CC(C(NCCN)N3CC(C(NCCN)N4CC(C(NCCN)N5CC(C(NCCN)N6CC(C(NCCN)N7CC(C(NCCN)N8CC(C(O)NCCN)CC8=O)CC7=O)CC6=O)CC5=O)CC4=O)CC3=O)CC2=O)CC1=O. The summed E-state index contributed by atoms with van der Waals surface area (Å²) in [4.78, 5) is 127. The quantitative estimate of drug-likeness (QED) is 0.0254. The van der Waals surface area contributed by atoms with Crippen LogP contribution < -0.4 is 88.4 Å². The Kier molecular flexibility index (Phi) is 26.6. The highest BCUT2D eigenvalue weighted by atomic mass is 16.3. The van der Waals surface area contributed by atoms with E-state index in [0.717, 1.165) is 0 Å². The maximum atomic E-state index is 14.6. The molecule has 33 nitrogen and oxygen atoms in total. The minimum absolute atomic E-state index is 0.0102. The number of aliphatic hydroxyl groups is 1. The van der Waals surface area contributed by atoms with Gasteiger partial charge in [0.25, 0.3) is 0 Å². The summed E-state index contributed by atoms with van der Waals surface area (Å²) in [6, 6.07) is 0. The summed E-state index contributed by atoms with van der Waals surface area (Å²) in [5.41, 5.74) is 48.0. The second-order valence-corrected chi connectivity index (χ2v) is 25.8. The molecule has 0 radical (unpaired) electrons. The highest BCUT2D eigenvalue weighted by Crippen LogP contribution is 2.39. The fourth-order valence-corrected chi connectivity index (χ4v) is 15.5. The Morgan fingerprint density at radius 3 is 0.644 bits per heavy atom. The molecule has 16 atom stereocenters. The van der Waals surface area contributed by atoms with Gasteiger partial charge in [0.05, 0.1) is 43.2 Å². The van der Waals surface area contributed by atoms with Crippen molar-refractivity contribution >= 4 is 47.3 Å². The number of likely N-dealkylation sites (tertiary alicyclic amines) is 8. The lowest BCUT2D eigenvalue weighted by atomic mass is 10.0. The van der Waals surface area contributed by atoms with Crippen LogP contribution in [0.1, 0.15) is 51.4 Å².